The van der Waals surface area contributed by atoms with Crippen molar-refractivity contribution in [2.75, 3.05) is 43.4 Å². The van der Waals surface area contributed by atoms with E-state index in [0.29, 0.717) is 5.96 Å². The first-order valence-corrected chi connectivity index (χ1v) is 8.65. The van der Waals surface area contributed by atoms with Crippen LogP contribution in [0.4, 0.5) is 5.95 Å². The molecule has 0 amide bonds. The lowest BCUT2D eigenvalue weighted by Crippen LogP contribution is -2.51. The summed E-state index contributed by atoms with van der Waals surface area (Å²) in [4.78, 5) is 17.4. The van der Waals surface area contributed by atoms with Crippen molar-refractivity contribution >= 4 is 47.6 Å². The van der Waals surface area contributed by atoms with Gasteiger partial charge in [0.05, 0.1) is 6.54 Å². The number of thioether (sulfide) groups is 1. The van der Waals surface area contributed by atoms with Crippen LogP contribution in [0.2, 0.25) is 0 Å². The van der Waals surface area contributed by atoms with E-state index < -0.39 is 0 Å². The van der Waals surface area contributed by atoms with Crippen molar-refractivity contribution in [3.8, 4) is 0 Å². The van der Waals surface area contributed by atoms with E-state index in [2.05, 4.69) is 45.5 Å². The number of hydrogen-bond donors (Lipinski definition) is 1. The van der Waals surface area contributed by atoms with E-state index in [0.717, 1.165) is 44.4 Å². The Hall–Kier alpha value is -0.770. The van der Waals surface area contributed by atoms with Gasteiger partial charge in [-0.3, -0.25) is 4.99 Å². The van der Waals surface area contributed by atoms with Gasteiger partial charge < -0.3 is 15.5 Å². The average molecular weight is 450 g/mol. The fourth-order valence-corrected chi connectivity index (χ4v) is 3.00. The number of piperazine rings is 1. The van der Waals surface area contributed by atoms with Gasteiger partial charge in [0.1, 0.15) is 0 Å². The van der Waals surface area contributed by atoms with Gasteiger partial charge in [0.2, 0.25) is 5.95 Å². The van der Waals surface area contributed by atoms with Crippen molar-refractivity contribution in [1.29, 1.82) is 0 Å². The Balaban J connectivity index is 0.00000264. The molecule has 0 unspecified atom stereocenters. The second-order valence-corrected chi connectivity index (χ2v) is 8.15. The summed E-state index contributed by atoms with van der Waals surface area (Å²) in [6.45, 7) is 10.9. The van der Waals surface area contributed by atoms with Gasteiger partial charge in [-0.25, -0.2) is 9.97 Å². The fraction of sp³-hybridized carbons (Fsp3) is 0.667. The Morgan fingerprint density at radius 1 is 1.22 bits per heavy atom. The Morgan fingerprint density at radius 3 is 2.39 bits per heavy atom. The van der Waals surface area contributed by atoms with E-state index in [1.54, 1.807) is 12.4 Å². The predicted molar refractivity (Wildman–Crippen MR) is 110 cm³/mol. The van der Waals surface area contributed by atoms with Crippen molar-refractivity contribution in [2.24, 2.45) is 10.7 Å². The van der Waals surface area contributed by atoms with E-state index >= 15 is 0 Å². The fourth-order valence-electron chi connectivity index (χ4n) is 2.20. The second-order valence-electron chi connectivity index (χ2n) is 6.22. The molecule has 6 nitrogen and oxygen atoms in total. The van der Waals surface area contributed by atoms with Crippen LogP contribution in [-0.2, 0) is 0 Å². The van der Waals surface area contributed by atoms with Crippen molar-refractivity contribution in [3.05, 3.63) is 18.5 Å². The monoisotopic (exact) mass is 450 g/mol. The maximum Gasteiger partial charge on any atom is 0.225 e. The van der Waals surface area contributed by atoms with E-state index in [9.17, 15) is 0 Å². The molecular weight excluding hydrogens is 423 g/mol. The van der Waals surface area contributed by atoms with Crippen molar-refractivity contribution in [1.82, 2.24) is 14.9 Å². The van der Waals surface area contributed by atoms with Gasteiger partial charge in [0.25, 0.3) is 0 Å². The molecule has 2 rings (SSSR count). The molecule has 0 radical (unpaired) electrons. The Kier molecular flexibility index (Phi) is 8.38. The van der Waals surface area contributed by atoms with Gasteiger partial charge in [-0.05, 0) is 6.07 Å². The minimum Gasteiger partial charge on any atom is -0.370 e. The molecule has 8 heteroatoms. The van der Waals surface area contributed by atoms with Crippen molar-refractivity contribution < 1.29 is 0 Å². The number of guanidine groups is 1. The standard InChI is InChI=1S/C15H26N6S.HI/c1-15(2,3)22-12-7-17-13(16)20-8-10-21(11-9-20)14-18-5-4-6-19-14;/h4-6H,7-12H2,1-3H3,(H2,16,17);1H. The van der Waals surface area contributed by atoms with Crippen LogP contribution in [0.3, 0.4) is 0 Å². The number of aliphatic imine (C=N–C) groups is 1. The Bertz CT molecular complexity index is 482. The Morgan fingerprint density at radius 2 is 1.83 bits per heavy atom. The van der Waals surface area contributed by atoms with E-state index in [1.165, 1.54) is 0 Å². The normalized spacial score (nSPS) is 16.2. The summed E-state index contributed by atoms with van der Waals surface area (Å²) < 4.78 is 0.283. The summed E-state index contributed by atoms with van der Waals surface area (Å²) in [7, 11) is 0. The zero-order valence-corrected chi connectivity index (χ0v) is 17.3. The first kappa shape index (κ1) is 20.3. The first-order chi connectivity index (χ1) is 10.5. The highest BCUT2D eigenvalue weighted by Crippen LogP contribution is 2.22. The third kappa shape index (κ3) is 7.11. The number of halogens is 1. The van der Waals surface area contributed by atoms with Crippen LogP contribution in [0.25, 0.3) is 0 Å². The summed E-state index contributed by atoms with van der Waals surface area (Å²) in [6, 6.07) is 1.83. The minimum atomic E-state index is 0. The molecule has 0 atom stereocenters. The zero-order chi connectivity index (χ0) is 16.0. The van der Waals surface area contributed by atoms with Crippen LogP contribution in [0, 0.1) is 0 Å². The molecule has 1 saturated heterocycles. The SMILES string of the molecule is CC(C)(C)SCCN=C(N)N1CCN(c2ncccn2)CC1.I. The van der Waals surface area contributed by atoms with Gasteiger partial charge in [0, 0.05) is 49.1 Å². The summed E-state index contributed by atoms with van der Waals surface area (Å²) in [5.41, 5.74) is 6.10. The zero-order valence-electron chi connectivity index (χ0n) is 14.1. The van der Waals surface area contributed by atoms with E-state index in [1.807, 2.05) is 17.8 Å². The maximum atomic E-state index is 6.10. The molecule has 130 valence electrons. The topological polar surface area (TPSA) is 70.6 Å². The summed E-state index contributed by atoms with van der Waals surface area (Å²) >= 11 is 1.91. The van der Waals surface area contributed by atoms with Gasteiger partial charge in [0.15, 0.2) is 5.96 Å². The molecule has 0 saturated carbocycles. The van der Waals surface area contributed by atoms with Crippen LogP contribution >= 0.6 is 35.7 Å². The quantitative estimate of drug-likeness (QED) is 0.328. The Labute approximate surface area is 160 Å². The predicted octanol–water partition coefficient (Wildman–Crippen LogP) is 2.06. The minimum absolute atomic E-state index is 0. The summed E-state index contributed by atoms with van der Waals surface area (Å²) in [5.74, 6) is 2.45. The van der Waals surface area contributed by atoms with Crippen LogP contribution in [-0.4, -0.2) is 64.1 Å². The first-order valence-electron chi connectivity index (χ1n) is 7.66. The molecule has 1 aromatic rings. The number of aromatic nitrogens is 2. The number of rotatable bonds is 4. The second kappa shape index (κ2) is 9.51. The average Bonchev–Trinajstić information content (AvgIpc) is 2.51. The molecule has 1 fully saturated rings. The molecule has 0 spiro atoms. The molecule has 0 aliphatic carbocycles. The van der Waals surface area contributed by atoms with E-state index in [-0.39, 0.29) is 28.7 Å². The number of nitrogens with zero attached hydrogens (tertiary/aromatic N) is 5. The van der Waals surface area contributed by atoms with Gasteiger partial charge in [-0.1, -0.05) is 20.8 Å². The molecule has 23 heavy (non-hydrogen) atoms. The highest BCUT2D eigenvalue weighted by molar-refractivity contribution is 14.0. The highest BCUT2D eigenvalue weighted by atomic mass is 127. The van der Waals surface area contributed by atoms with Gasteiger partial charge >= 0.3 is 0 Å². The number of hydrogen-bond acceptors (Lipinski definition) is 5. The molecule has 0 aromatic carbocycles. The molecular formula is C15H27IN6S. The van der Waals surface area contributed by atoms with Crippen molar-refractivity contribution in [2.45, 2.75) is 25.5 Å². The maximum absolute atomic E-state index is 6.10. The van der Waals surface area contributed by atoms with Crippen molar-refractivity contribution in [3.63, 3.8) is 0 Å². The van der Waals surface area contributed by atoms with Crippen LogP contribution in [0.5, 0.6) is 0 Å². The largest absolute Gasteiger partial charge is 0.370 e. The molecule has 1 aliphatic heterocycles. The number of nitrogens with two attached hydrogens (primary N) is 1. The number of anilines is 1. The lowest BCUT2D eigenvalue weighted by atomic mass is 10.3. The molecule has 2 N–H and O–H groups in total. The third-order valence-corrected chi connectivity index (χ3v) is 4.59. The molecule has 1 aromatic heterocycles. The van der Waals surface area contributed by atoms with E-state index in [4.69, 9.17) is 5.73 Å². The highest BCUT2D eigenvalue weighted by Gasteiger charge is 2.19. The van der Waals surface area contributed by atoms with Crippen LogP contribution < -0.4 is 10.6 Å². The van der Waals surface area contributed by atoms with Crippen LogP contribution in [0.15, 0.2) is 23.5 Å². The van der Waals surface area contributed by atoms with Gasteiger partial charge in [-0.15, -0.1) is 24.0 Å². The smallest absolute Gasteiger partial charge is 0.225 e. The lowest BCUT2D eigenvalue weighted by molar-refractivity contribution is 0.378. The summed E-state index contributed by atoms with van der Waals surface area (Å²) in [5, 5.41) is 0. The third-order valence-electron chi connectivity index (χ3n) is 3.34. The van der Waals surface area contributed by atoms with Crippen LogP contribution in [0.1, 0.15) is 20.8 Å². The lowest BCUT2D eigenvalue weighted by Gasteiger charge is -2.35. The molecule has 1 aliphatic rings. The van der Waals surface area contributed by atoms with Gasteiger partial charge in [-0.2, -0.15) is 11.8 Å². The molecule has 0 bridgehead atoms. The molecule has 2 heterocycles. The summed E-state index contributed by atoms with van der Waals surface area (Å²) in [6.07, 6.45) is 3.55.